The highest BCUT2D eigenvalue weighted by atomic mass is 16.5. The van der Waals surface area contributed by atoms with Gasteiger partial charge in [0.15, 0.2) is 0 Å². The Labute approximate surface area is 223 Å². The summed E-state index contributed by atoms with van der Waals surface area (Å²) in [5.41, 5.74) is -0.518. The van der Waals surface area contributed by atoms with Gasteiger partial charge in [0.1, 0.15) is 6.10 Å². The lowest BCUT2D eigenvalue weighted by Crippen LogP contribution is -2.72. The molecule has 5 heteroatoms. The number of carbonyl (C=O) groups excluding carboxylic acids is 1. The van der Waals surface area contributed by atoms with E-state index < -0.39 is 29.0 Å². The van der Waals surface area contributed by atoms with Crippen LogP contribution in [0.3, 0.4) is 0 Å². The predicted octanol–water partition coefficient (Wildman–Crippen LogP) is 6.63. The third-order valence-electron chi connectivity index (χ3n) is 13.7. The number of fused-ring (bicyclic) bond motifs is 7. The third kappa shape index (κ3) is 3.31. The van der Waals surface area contributed by atoms with Gasteiger partial charge in [-0.25, -0.2) is 0 Å². The van der Waals surface area contributed by atoms with Gasteiger partial charge in [0, 0.05) is 18.8 Å². The van der Waals surface area contributed by atoms with Crippen molar-refractivity contribution < 1.29 is 24.5 Å². The molecule has 0 unspecified atom stereocenters. The molecule has 5 saturated carbocycles. The number of rotatable bonds is 3. The molecule has 5 fully saturated rings. The summed E-state index contributed by atoms with van der Waals surface area (Å²) in [7, 11) is 0. The van der Waals surface area contributed by atoms with Gasteiger partial charge in [0.25, 0.3) is 0 Å². The zero-order valence-corrected chi connectivity index (χ0v) is 24.2. The maximum Gasteiger partial charge on any atom is 0.310 e. The zero-order chi connectivity index (χ0) is 27.3. The number of carbonyl (C=O) groups is 2. The van der Waals surface area contributed by atoms with Crippen LogP contribution in [-0.4, -0.2) is 34.4 Å². The normalized spacial score (nSPS) is 52.2. The lowest BCUT2D eigenvalue weighted by atomic mass is 9.31. The van der Waals surface area contributed by atoms with E-state index in [1.54, 1.807) is 0 Å². The first-order valence-electron chi connectivity index (χ1n) is 14.8. The van der Waals surface area contributed by atoms with Crippen LogP contribution >= 0.6 is 0 Å². The van der Waals surface area contributed by atoms with Crippen molar-refractivity contribution in [3.05, 3.63) is 12.2 Å². The minimum absolute atomic E-state index is 0.0919. The molecule has 0 aromatic heterocycles. The summed E-state index contributed by atoms with van der Waals surface area (Å²) in [6.45, 7) is 19.3. The highest BCUT2D eigenvalue weighted by Gasteiger charge is 2.76. The summed E-state index contributed by atoms with van der Waals surface area (Å²) in [6.07, 6.45) is 7.00. The Morgan fingerprint density at radius 3 is 2.16 bits per heavy atom. The van der Waals surface area contributed by atoms with E-state index in [9.17, 15) is 19.8 Å². The molecule has 0 bridgehead atoms. The lowest BCUT2D eigenvalue weighted by molar-refractivity contribution is -0.279. The zero-order valence-electron chi connectivity index (χ0n) is 24.2. The standard InChI is InChI=1S/C32H50O5/c1-18(2)20-11-13-29(6)15-16-30(7)21(26(20)29)9-10-23-31(8)22(12-14-32(23,30)27(35)36)28(4,5)24(34)17-25(31)37-19(3)33/h20-26,34H,1,9-17H2,2-8H3,(H,35,36)/t20-,21+,22-,23+,24+,25+,26+,29+,30+,31-,32+/m0/s1. The number of allylic oxidation sites excluding steroid dienone is 1. The molecule has 2 N–H and O–H groups in total. The average molecular weight is 515 g/mol. The molecule has 5 aliphatic rings. The molecular formula is C32H50O5. The van der Waals surface area contributed by atoms with Crippen LogP contribution in [0.1, 0.15) is 106 Å². The molecule has 0 aromatic rings. The van der Waals surface area contributed by atoms with Crippen LogP contribution in [-0.2, 0) is 14.3 Å². The van der Waals surface area contributed by atoms with Crippen molar-refractivity contribution in [1.82, 2.24) is 0 Å². The van der Waals surface area contributed by atoms with Gasteiger partial charge in [-0.3, -0.25) is 9.59 Å². The SMILES string of the molecule is C=C(C)[C@@H]1CC[C@]2(C)CC[C@]3(C)[C@H](CC[C@@H]4[C@@]5(C)[C@H](OC(C)=O)C[C@@H](O)C(C)(C)[C@@H]5CC[C@]43C(=O)O)[C@@H]12. The van der Waals surface area contributed by atoms with Gasteiger partial charge in [-0.15, -0.1) is 0 Å². The minimum Gasteiger partial charge on any atom is -0.481 e. The topological polar surface area (TPSA) is 83.8 Å². The van der Waals surface area contributed by atoms with E-state index in [0.29, 0.717) is 30.6 Å². The number of aliphatic hydroxyl groups is 1. The highest BCUT2D eigenvalue weighted by molar-refractivity contribution is 5.77. The van der Waals surface area contributed by atoms with E-state index in [2.05, 4.69) is 48.1 Å². The van der Waals surface area contributed by atoms with Crippen LogP contribution in [0.15, 0.2) is 12.2 Å². The molecule has 5 nitrogen and oxygen atoms in total. The van der Waals surface area contributed by atoms with Crippen molar-refractivity contribution >= 4 is 11.9 Å². The molecule has 11 atom stereocenters. The maximum absolute atomic E-state index is 13.8. The van der Waals surface area contributed by atoms with Gasteiger partial charge in [-0.1, -0.05) is 46.8 Å². The highest BCUT2D eigenvalue weighted by Crippen LogP contribution is 2.77. The van der Waals surface area contributed by atoms with E-state index in [1.165, 1.54) is 25.3 Å². The molecule has 0 aliphatic heterocycles. The number of aliphatic carboxylic acids is 1. The van der Waals surface area contributed by atoms with Crippen LogP contribution < -0.4 is 0 Å². The van der Waals surface area contributed by atoms with E-state index in [1.807, 2.05) is 0 Å². The first-order valence-corrected chi connectivity index (χ1v) is 14.8. The first-order chi connectivity index (χ1) is 17.1. The molecular weight excluding hydrogens is 464 g/mol. The van der Waals surface area contributed by atoms with Gasteiger partial charge in [0.05, 0.1) is 11.5 Å². The van der Waals surface area contributed by atoms with Crippen molar-refractivity contribution in [1.29, 1.82) is 0 Å². The number of aliphatic hydroxyl groups excluding tert-OH is 1. The van der Waals surface area contributed by atoms with Crippen molar-refractivity contribution in [2.45, 2.75) is 118 Å². The Morgan fingerprint density at radius 1 is 0.892 bits per heavy atom. The number of hydrogen-bond donors (Lipinski definition) is 2. The van der Waals surface area contributed by atoms with E-state index in [0.717, 1.165) is 32.1 Å². The molecule has 5 aliphatic carbocycles. The van der Waals surface area contributed by atoms with E-state index in [-0.39, 0.29) is 34.1 Å². The lowest BCUT2D eigenvalue weighted by Gasteiger charge is -2.72. The third-order valence-corrected chi connectivity index (χ3v) is 13.7. The monoisotopic (exact) mass is 514 g/mol. The Kier molecular flexibility index (Phi) is 6.12. The summed E-state index contributed by atoms with van der Waals surface area (Å²) >= 11 is 0. The second kappa shape index (κ2) is 8.32. The average Bonchev–Trinajstić information content (AvgIpc) is 3.15. The summed E-state index contributed by atoms with van der Waals surface area (Å²) < 4.78 is 6.00. The second-order valence-corrected chi connectivity index (χ2v) is 15.2. The first kappa shape index (κ1) is 27.2. The molecule has 5 rings (SSSR count). The molecule has 37 heavy (non-hydrogen) atoms. The van der Waals surface area contributed by atoms with Gasteiger partial charge >= 0.3 is 11.9 Å². The Morgan fingerprint density at radius 2 is 1.57 bits per heavy atom. The maximum atomic E-state index is 13.8. The minimum atomic E-state index is -0.860. The smallest absolute Gasteiger partial charge is 0.310 e. The van der Waals surface area contributed by atoms with Gasteiger partial charge in [0.2, 0.25) is 0 Å². The molecule has 0 amide bonds. The second-order valence-electron chi connectivity index (χ2n) is 15.2. The molecule has 0 heterocycles. The van der Waals surface area contributed by atoms with E-state index in [4.69, 9.17) is 4.74 Å². The largest absolute Gasteiger partial charge is 0.481 e. The quantitative estimate of drug-likeness (QED) is 0.326. The summed E-state index contributed by atoms with van der Waals surface area (Å²) in [4.78, 5) is 26.0. The van der Waals surface area contributed by atoms with Crippen molar-refractivity contribution in [2.24, 2.45) is 56.7 Å². The molecule has 0 aromatic carbocycles. The summed E-state index contributed by atoms with van der Waals surface area (Å²) in [6, 6.07) is 0. The number of carboxylic acid groups (broad SMARTS) is 1. The van der Waals surface area contributed by atoms with Gasteiger partial charge < -0.3 is 14.9 Å². The van der Waals surface area contributed by atoms with Gasteiger partial charge in [-0.05, 0) is 104 Å². The van der Waals surface area contributed by atoms with Crippen molar-refractivity contribution in [3.8, 4) is 0 Å². The van der Waals surface area contributed by atoms with Crippen LogP contribution in [0.2, 0.25) is 0 Å². The van der Waals surface area contributed by atoms with Crippen LogP contribution in [0.25, 0.3) is 0 Å². The summed E-state index contributed by atoms with van der Waals surface area (Å²) in [5, 5.41) is 22.5. The van der Waals surface area contributed by atoms with Crippen LogP contribution in [0.5, 0.6) is 0 Å². The molecule has 208 valence electrons. The van der Waals surface area contributed by atoms with Crippen LogP contribution in [0.4, 0.5) is 0 Å². The Balaban J connectivity index is 1.66. The summed E-state index contributed by atoms with van der Waals surface area (Å²) in [5.74, 6) is 0.325. The Bertz CT molecular complexity index is 1000. The molecule has 0 radical (unpaired) electrons. The molecule has 0 spiro atoms. The molecule has 0 saturated heterocycles. The van der Waals surface area contributed by atoms with Crippen molar-refractivity contribution in [2.75, 3.05) is 0 Å². The fraction of sp³-hybridized carbons (Fsp3) is 0.875. The number of hydrogen-bond acceptors (Lipinski definition) is 4. The fourth-order valence-corrected chi connectivity index (χ4v) is 11.8. The fourth-order valence-electron chi connectivity index (χ4n) is 11.8. The predicted molar refractivity (Wildman–Crippen MR) is 144 cm³/mol. The Hall–Kier alpha value is -1.36. The number of ether oxygens (including phenoxy) is 1. The number of carboxylic acids is 1. The number of esters is 1. The van der Waals surface area contributed by atoms with Gasteiger partial charge in [-0.2, -0.15) is 0 Å². The van der Waals surface area contributed by atoms with E-state index >= 15 is 0 Å². The van der Waals surface area contributed by atoms with Crippen molar-refractivity contribution in [3.63, 3.8) is 0 Å². The van der Waals surface area contributed by atoms with Crippen LogP contribution in [0, 0.1) is 56.7 Å².